The van der Waals surface area contributed by atoms with Crippen molar-refractivity contribution in [1.82, 2.24) is 9.97 Å². The van der Waals surface area contributed by atoms with Gasteiger partial charge in [-0.15, -0.1) is 0 Å². The highest BCUT2D eigenvalue weighted by Gasteiger charge is 2.26. The molecule has 0 spiro atoms. The van der Waals surface area contributed by atoms with Gasteiger partial charge in [-0.2, -0.15) is 0 Å². The third kappa shape index (κ3) is 2.62. The molecule has 0 aliphatic rings. The first kappa shape index (κ1) is 12.4. The van der Waals surface area contributed by atoms with E-state index < -0.39 is 11.4 Å². The Morgan fingerprint density at radius 3 is 2.72 bits per heavy atom. The van der Waals surface area contributed by atoms with Crippen LogP contribution in [0, 0.1) is 5.82 Å². The van der Waals surface area contributed by atoms with Gasteiger partial charge in [0, 0.05) is 12.6 Å². The number of rotatable bonds is 3. The average molecular weight is 247 g/mol. The van der Waals surface area contributed by atoms with Crippen LogP contribution in [-0.2, 0) is 12.0 Å². The highest BCUT2D eigenvalue weighted by Crippen LogP contribution is 2.25. The normalized spacial score (nSPS) is 14.2. The molecule has 0 aliphatic carbocycles. The van der Waals surface area contributed by atoms with Crippen molar-refractivity contribution >= 4 is 5.82 Å². The van der Waals surface area contributed by atoms with Gasteiger partial charge in [0.25, 0.3) is 0 Å². The molecule has 2 aromatic heterocycles. The molecule has 0 aromatic carbocycles. The summed E-state index contributed by atoms with van der Waals surface area (Å²) in [5.74, 6) is -0.0599. The van der Waals surface area contributed by atoms with Gasteiger partial charge in [-0.1, -0.05) is 6.07 Å². The minimum Gasteiger partial charge on any atom is -0.383 e. The first-order valence-electron chi connectivity index (χ1n) is 5.53. The molecule has 0 amide bonds. The summed E-state index contributed by atoms with van der Waals surface area (Å²) >= 11 is 0. The lowest BCUT2D eigenvalue weighted by Gasteiger charge is -2.23. The number of aliphatic hydroxyl groups is 1. The lowest BCUT2D eigenvalue weighted by molar-refractivity contribution is 0.0530. The summed E-state index contributed by atoms with van der Waals surface area (Å²) in [6.07, 6.45) is 2.94. The monoisotopic (exact) mass is 247 g/mol. The fourth-order valence-electron chi connectivity index (χ4n) is 1.76. The maximum absolute atomic E-state index is 12.8. The molecule has 2 heterocycles. The second-order valence-corrected chi connectivity index (χ2v) is 4.36. The summed E-state index contributed by atoms with van der Waals surface area (Å²) in [4.78, 5) is 7.85. The van der Waals surface area contributed by atoms with Crippen LogP contribution in [0.2, 0.25) is 0 Å². The summed E-state index contributed by atoms with van der Waals surface area (Å²) in [5, 5.41) is 10.4. The Bertz CT molecular complexity index is 540. The zero-order valence-corrected chi connectivity index (χ0v) is 9.97. The van der Waals surface area contributed by atoms with Crippen molar-refractivity contribution < 1.29 is 9.50 Å². The van der Waals surface area contributed by atoms with Crippen LogP contribution in [0.15, 0.2) is 36.7 Å². The largest absolute Gasteiger partial charge is 0.383 e. The molecule has 2 rings (SSSR count). The van der Waals surface area contributed by atoms with Crippen LogP contribution >= 0.6 is 0 Å². The zero-order valence-electron chi connectivity index (χ0n) is 9.97. The Morgan fingerprint density at radius 2 is 2.11 bits per heavy atom. The van der Waals surface area contributed by atoms with Gasteiger partial charge in [0.15, 0.2) is 0 Å². The van der Waals surface area contributed by atoms with Crippen LogP contribution in [0.3, 0.4) is 0 Å². The van der Waals surface area contributed by atoms with Gasteiger partial charge in [0.2, 0.25) is 0 Å². The molecule has 0 saturated heterocycles. The van der Waals surface area contributed by atoms with Gasteiger partial charge in [0.1, 0.15) is 17.2 Å². The number of halogens is 1. The van der Waals surface area contributed by atoms with Crippen LogP contribution in [0.1, 0.15) is 18.2 Å². The third-order valence-electron chi connectivity index (χ3n) is 2.74. The van der Waals surface area contributed by atoms with Crippen molar-refractivity contribution in [2.45, 2.75) is 18.9 Å². The van der Waals surface area contributed by atoms with Crippen LogP contribution in [0.25, 0.3) is 0 Å². The van der Waals surface area contributed by atoms with Gasteiger partial charge in [-0.25, -0.2) is 9.37 Å². The average Bonchev–Trinajstić information content (AvgIpc) is 2.32. The molecule has 1 unspecified atom stereocenters. The highest BCUT2D eigenvalue weighted by atomic mass is 19.1. The van der Waals surface area contributed by atoms with Crippen molar-refractivity contribution in [2.75, 3.05) is 5.73 Å². The van der Waals surface area contributed by atoms with Gasteiger partial charge in [-0.3, -0.25) is 4.98 Å². The second-order valence-electron chi connectivity index (χ2n) is 4.36. The summed E-state index contributed by atoms with van der Waals surface area (Å²) < 4.78 is 12.8. The van der Waals surface area contributed by atoms with E-state index in [0.29, 0.717) is 11.5 Å². The topological polar surface area (TPSA) is 72.0 Å². The molecule has 0 radical (unpaired) electrons. The van der Waals surface area contributed by atoms with E-state index in [1.54, 1.807) is 25.3 Å². The first-order valence-corrected chi connectivity index (χ1v) is 5.53. The number of nitrogens with zero attached hydrogens (tertiary/aromatic N) is 2. The smallest absolute Gasteiger partial charge is 0.141 e. The number of pyridine rings is 2. The number of nitrogen functional groups attached to an aromatic ring is 1. The fraction of sp³-hybridized carbons (Fsp3) is 0.231. The highest BCUT2D eigenvalue weighted by molar-refractivity contribution is 5.40. The van der Waals surface area contributed by atoms with Crippen molar-refractivity contribution in [3.05, 3.63) is 53.7 Å². The standard InChI is InChI=1S/C13H14FN3O/c1-13(18,11-5-4-10(14)8-17-11)7-9-3-2-6-16-12(9)15/h2-6,8,18H,7H2,1H3,(H2,15,16). The van der Waals surface area contributed by atoms with E-state index in [1.165, 1.54) is 12.1 Å². The van der Waals surface area contributed by atoms with Crippen molar-refractivity contribution in [2.24, 2.45) is 0 Å². The van der Waals surface area contributed by atoms with Gasteiger partial charge in [-0.05, 0) is 30.7 Å². The molecule has 3 N–H and O–H groups in total. The number of aromatic nitrogens is 2. The van der Waals surface area contributed by atoms with E-state index in [4.69, 9.17) is 5.73 Å². The second kappa shape index (κ2) is 4.70. The van der Waals surface area contributed by atoms with E-state index in [-0.39, 0.29) is 6.42 Å². The fourth-order valence-corrected chi connectivity index (χ4v) is 1.76. The number of hydrogen-bond acceptors (Lipinski definition) is 4. The Hall–Kier alpha value is -2.01. The van der Waals surface area contributed by atoms with E-state index in [1.807, 2.05) is 0 Å². The molecule has 0 fully saturated rings. The van der Waals surface area contributed by atoms with Crippen molar-refractivity contribution in [3.8, 4) is 0 Å². The lowest BCUT2D eigenvalue weighted by atomic mass is 9.93. The molecular formula is C13H14FN3O. The summed E-state index contributed by atoms with van der Waals surface area (Å²) in [6, 6.07) is 6.27. The number of anilines is 1. The lowest BCUT2D eigenvalue weighted by Crippen LogP contribution is -2.26. The van der Waals surface area contributed by atoms with Crippen molar-refractivity contribution in [3.63, 3.8) is 0 Å². The van der Waals surface area contributed by atoms with E-state index in [9.17, 15) is 9.50 Å². The minimum absolute atomic E-state index is 0.269. The molecule has 5 heteroatoms. The molecule has 18 heavy (non-hydrogen) atoms. The maximum Gasteiger partial charge on any atom is 0.141 e. The Morgan fingerprint density at radius 1 is 1.33 bits per heavy atom. The van der Waals surface area contributed by atoms with Crippen molar-refractivity contribution in [1.29, 1.82) is 0 Å². The van der Waals surface area contributed by atoms with Crippen LogP contribution in [-0.4, -0.2) is 15.1 Å². The van der Waals surface area contributed by atoms with Crippen LogP contribution in [0.5, 0.6) is 0 Å². The summed E-state index contributed by atoms with van der Waals surface area (Å²) in [5.41, 5.74) is 5.64. The predicted octanol–water partition coefficient (Wildman–Crippen LogP) is 1.65. The van der Waals surface area contributed by atoms with E-state index in [0.717, 1.165) is 11.8 Å². The number of hydrogen-bond donors (Lipinski definition) is 2. The maximum atomic E-state index is 12.8. The summed E-state index contributed by atoms with van der Waals surface area (Å²) in [7, 11) is 0. The minimum atomic E-state index is -1.22. The van der Waals surface area contributed by atoms with Gasteiger partial charge in [0.05, 0.1) is 11.9 Å². The van der Waals surface area contributed by atoms with E-state index in [2.05, 4.69) is 9.97 Å². The third-order valence-corrected chi connectivity index (χ3v) is 2.74. The SMILES string of the molecule is CC(O)(Cc1cccnc1N)c1ccc(F)cn1. The van der Waals surface area contributed by atoms with E-state index >= 15 is 0 Å². The molecule has 0 bridgehead atoms. The van der Waals surface area contributed by atoms with Gasteiger partial charge >= 0.3 is 0 Å². The Kier molecular flexibility index (Phi) is 3.25. The molecule has 2 aromatic rings. The molecule has 0 aliphatic heterocycles. The molecule has 4 nitrogen and oxygen atoms in total. The van der Waals surface area contributed by atoms with Crippen LogP contribution < -0.4 is 5.73 Å². The Balaban J connectivity index is 2.27. The predicted molar refractivity (Wildman–Crippen MR) is 66.1 cm³/mol. The Labute approximate surface area is 104 Å². The van der Waals surface area contributed by atoms with Crippen LogP contribution in [0.4, 0.5) is 10.2 Å². The first-order chi connectivity index (χ1) is 8.49. The number of nitrogens with two attached hydrogens (primary N) is 1. The molecule has 94 valence electrons. The van der Waals surface area contributed by atoms with Gasteiger partial charge < -0.3 is 10.8 Å². The molecular weight excluding hydrogens is 233 g/mol. The molecule has 0 saturated carbocycles. The zero-order chi connectivity index (χ0) is 13.2. The summed E-state index contributed by atoms with van der Waals surface area (Å²) in [6.45, 7) is 1.61. The quantitative estimate of drug-likeness (QED) is 0.865. The molecule has 1 atom stereocenters.